The zero-order valence-electron chi connectivity index (χ0n) is 14.3. The summed E-state index contributed by atoms with van der Waals surface area (Å²) < 4.78 is 79.2. The Bertz CT molecular complexity index is 619. The normalized spacial score (nSPS) is 23.3. The van der Waals surface area contributed by atoms with E-state index in [0.29, 0.717) is 18.5 Å². The van der Waals surface area contributed by atoms with Gasteiger partial charge in [-0.2, -0.15) is 26.3 Å². The molecule has 0 aliphatic carbocycles. The Labute approximate surface area is 148 Å². The van der Waals surface area contributed by atoms with Crippen LogP contribution in [0, 0.1) is 5.92 Å². The second-order valence-corrected chi connectivity index (χ2v) is 7.16. The van der Waals surface area contributed by atoms with Gasteiger partial charge in [-0.25, -0.2) is 0 Å². The lowest BCUT2D eigenvalue weighted by atomic mass is 9.88. The number of halogens is 6. The largest absolute Gasteiger partial charge is 0.416 e. The molecule has 2 fully saturated rings. The van der Waals surface area contributed by atoms with Gasteiger partial charge >= 0.3 is 12.4 Å². The van der Waals surface area contributed by atoms with Crippen molar-refractivity contribution in [2.75, 3.05) is 31.1 Å². The van der Waals surface area contributed by atoms with Crippen molar-refractivity contribution < 1.29 is 26.3 Å². The number of alkyl halides is 6. The molecule has 0 aromatic heterocycles. The lowest BCUT2D eigenvalue weighted by Gasteiger charge is -2.36. The maximum absolute atomic E-state index is 13.3. The molecule has 0 saturated carbocycles. The van der Waals surface area contributed by atoms with Crippen LogP contribution >= 0.6 is 0 Å². The Hall–Kier alpha value is -1.44. The number of nitrogens with zero attached hydrogens (tertiary/aromatic N) is 1. The molecule has 0 spiro atoms. The summed E-state index contributed by atoms with van der Waals surface area (Å²) in [5.74, 6) is -1.49. The highest BCUT2D eigenvalue weighted by molar-refractivity contribution is 5.53. The van der Waals surface area contributed by atoms with Crippen molar-refractivity contribution in [3.05, 3.63) is 29.3 Å². The van der Waals surface area contributed by atoms with Gasteiger partial charge in [0.1, 0.15) is 0 Å². The Morgan fingerprint density at radius 2 is 1.62 bits per heavy atom. The maximum Gasteiger partial charge on any atom is 0.416 e. The smallest absolute Gasteiger partial charge is 0.371 e. The standard InChI is InChI=1S/C18H22F6N2/c19-17(20,21)14-2-1-7-26(11-14)16-9-13(12-3-5-25-6-4-12)8-15(10-16)18(22,23)24/h8-10,12,14,25H,1-7,11H2. The van der Waals surface area contributed by atoms with Crippen molar-refractivity contribution in [2.24, 2.45) is 5.92 Å². The van der Waals surface area contributed by atoms with Gasteiger partial charge in [-0.1, -0.05) is 0 Å². The van der Waals surface area contributed by atoms with Crippen molar-refractivity contribution in [3.63, 3.8) is 0 Å². The number of rotatable bonds is 2. The summed E-state index contributed by atoms with van der Waals surface area (Å²) in [6, 6.07) is 3.80. The minimum atomic E-state index is -4.52. The molecule has 2 saturated heterocycles. The average molecular weight is 380 g/mol. The highest BCUT2D eigenvalue weighted by Crippen LogP contribution is 2.39. The summed E-state index contributed by atoms with van der Waals surface area (Å²) in [6.45, 7) is 1.53. The third-order valence-electron chi connectivity index (χ3n) is 5.33. The van der Waals surface area contributed by atoms with Gasteiger partial charge in [0.2, 0.25) is 0 Å². The lowest BCUT2D eigenvalue weighted by Crippen LogP contribution is -2.41. The molecule has 1 aromatic rings. The summed E-state index contributed by atoms with van der Waals surface area (Å²) in [5, 5.41) is 3.17. The minimum absolute atomic E-state index is 0.000466. The molecule has 2 heterocycles. The quantitative estimate of drug-likeness (QED) is 0.731. The van der Waals surface area contributed by atoms with Crippen LogP contribution in [-0.2, 0) is 6.18 Å². The third kappa shape index (κ3) is 4.45. The van der Waals surface area contributed by atoms with Gasteiger partial charge in [-0.15, -0.1) is 0 Å². The Morgan fingerprint density at radius 3 is 2.23 bits per heavy atom. The number of benzene rings is 1. The van der Waals surface area contributed by atoms with Crippen molar-refractivity contribution >= 4 is 5.69 Å². The van der Waals surface area contributed by atoms with E-state index in [1.807, 2.05) is 0 Å². The lowest BCUT2D eigenvalue weighted by molar-refractivity contribution is -0.176. The highest BCUT2D eigenvalue weighted by atomic mass is 19.4. The SMILES string of the molecule is FC(F)(F)c1cc(C2CCNCC2)cc(N2CCCC(C(F)(F)F)C2)c1. The van der Waals surface area contributed by atoms with Crippen LogP contribution in [0.5, 0.6) is 0 Å². The van der Waals surface area contributed by atoms with E-state index in [1.165, 1.54) is 4.90 Å². The zero-order valence-corrected chi connectivity index (χ0v) is 14.3. The summed E-state index contributed by atoms with van der Waals surface area (Å²) in [5.41, 5.74) is 0.0467. The maximum atomic E-state index is 13.3. The second-order valence-electron chi connectivity index (χ2n) is 7.16. The Morgan fingerprint density at radius 1 is 0.923 bits per heavy atom. The van der Waals surface area contributed by atoms with E-state index in [9.17, 15) is 26.3 Å². The van der Waals surface area contributed by atoms with Crippen molar-refractivity contribution in [2.45, 2.75) is 44.0 Å². The van der Waals surface area contributed by atoms with Crippen LogP contribution in [-0.4, -0.2) is 32.4 Å². The number of nitrogens with one attached hydrogen (secondary N) is 1. The van der Waals surface area contributed by atoms with E-state index < -0.39 is 23.8 Å². The van der Waals surface area contributed by atoms with Crippen LogP contribution in [0.2, 0.25) is 0 Å². The second kappa shape index (κ2) is 7.29. The van der Waals surface area contributed by atoms with Gasteiger partial charge < -0.3 is 10.2 Å². The monoisotopic (exact) mass is 380 g/mol. The number of piperidine rings is 2. The molecule has 2 nitrogen and oxygen atoms in total. The Balaban J connectivity index is 1.92. The van der Waals surface area contributed by atoms with Crippen molar-refractivity contribution in [1.29, 1.82) is 0 Å². The summed E-state index contributed by atoms with van der Waals surface area (Å²) in [7, 11) is 0. The highest BCUT2D eigenvalue weighted by Gasteiger charge is 2.42. The third-order valence-corrected chi connectivity index (χ3v) is 5.33. The van der Waals surface area contributed by atoms with Crippen LogP contribution < -0.4 is 10.2 Å². The summed E-state index contributed by atoms with van der Waals surface area (Å²) in [4.78, 5) is 1.46. The zero-order chi connectivity index (χ0) is 18.9. The van der Waals surface area contributed by atoms with Gasteiger partial charge in [0.15, 0.2) is 0 Å². The molecular weight excluding hydrogens is 358 g/mol. The van der Waals surface area contributed by atoms with E-state index in [1.54, 1.807) is 6.07 Å². The first-order chi connectivity index (χ1) is 12.1. The summed E-state index contributed by atoms with van der Waals surface area (Å²) in [6.07, 6.45) is -7.03. The Kier molecular flexibility index (Phi) is 5.42. The molecule has 146 valence electrons. The molecular formula is C18H22F6N2. The molecule has 1 atom stereocenters. The minimum Gasteiger partial charge on any atom is -0.371 e. The van der Waals surface area contributed by atoms with E-state index in [2.05, 4.69) is 5.32 Å². The molecule has 26 heavy (non-hydrogen) atoms. The first-order valence-corrected chi connectivity index (χ1v) is 8.89. The van der Waals surface area contributed by atoms with E-state index in [0.717, 1.165) is 38.1 Å². The molecule has 3 rings (SSSR count). The van der Waals surface area contributed by atoms with Crippen LogP contribution in [0.3, 0.4) is 0 Å². The van der Waals surface area contributed by atoms with Crippen LogP contribution in [0.4, 0.5) is 32.0 Å². The molecule has 0 bridgehead atoms. The molecule has 2 aliphatic rings. The number of hydrogen-bond acceptors (Lipinski definition) is 2. The topological polar surface area (TPSA) is 15.3 Å². The van der Waals surface area contributed by atoms with Gasteiger partial charge in [-0.05, 0) is 68.5 Å². The van der Waals surface area contributed by atoms with E-state index in [-0.39, 0.29) is 24.6 Å². The summed E-state index contributed by atoms with van der Waals surface area (Å²) >= 11 is 0. The first kappa shape index (κ1) is 19.3. The first-order valence-electron chi connectivity index (χ1n) is 8.89. The van der Waals surface area contributed by atoms with Crippen molar-refractivity contribution in [3.8, 4) is 0 Å². The molecule has 0 radical (unpaired) electrons. The molecule has 1 unspecified atom stereocenters. The molecule has 0 amide bonds. The van der Waals surface area contributed by atoms with Gasteiger partial charge in [0.25, 0.3) is 0 Å². The fourth-order valence-electron chi connectivity index (χ4n) is 3.85. The van der Waals surface area contributed by atoms with E-state index >= 15 is 0 Å². The molecule has 1 aromatic carbocycles. The van der Waals surface area contributed by atoms with Gasteiger partial charge in [0, 0.05) is 18.8 Å². The predicted octanol–water partition coefficient (Wildman–Crippen LogP) is 4.95. The van der Waals surface area contributed by atoms with Crippen molar-refractivity contribution in [1.82, 2.24) is 5.32 Å². The fraction of sp³-hybridized carbons (Fsp3) is 0.667. The van der Waals surface area contributed by atoms with Crippen LogP contribution in [0.25, 0.3) is 0 Å². The van der Waals surface area contributed by atoms with Crippen LogP contribution in [0.1, 0.15) is 42.7 Å². The number of hydrogen-bond donors (Lipinski definition) is 1. The fourth-order valence-corrected chi connectivity index (χ4v) is 3.85. The van der Waals surface area contributed by atoms with Gasteiger partial charge in [-0.3, -0.25) is 0 Å². The number of anilines is 1. The molecule has 8 heteroatoms. The molecule has 1 N–H and O–H groups in total. The predicted molar refractivity (Wildman–Crippen MR) is 87.3 cm³/mol. The van der Waals surface area contributed by atoms with Crippen LogP contribution in [0.15, 0.2) is 18.2 Å². The van der Waals surface area contributed by atoms with E-state index in [4.69, 9.17) is 0 Å². The molecule has 2 aliphatic heterocycles. The average Bonchev–Trinajstić information content (AvgIpc) is 2.61. The van der Waals surface area contributed by atoms with Gasteiger partial charge in [0.05, 0.1) is 11.5 Å².